The maximum Gasteiger partial charge on any atom is 0.262 e. The van der Waals surface area contributed by atoms with E-state index >= 15 is 0 Å². The number of halogens is 1. The Morgan fingerprint density at radius 3 is 2.32 bits per heavy atom. The Labute approximate surface area is 266 Å². The second-order valence-corrected chi connectivity index (χ2v) is 13.6. The van der Waals surface area contributed by atoms with E-state index in [0.717, 1.165) is 48.2 Å². The van der Waals surface area contributed by atoms with Crippen molar-refractivity contribution in [3.63, 3.8) is 0 Å². The lowest BCUT2D eigenvalue weighted by Gasteiger charge is -2.32. The topological polar surface area (TPSA) is 100 Å². The number of carbonyl (C=O) groups excluding carboxylic acids is 1. The molecule has 226 valence electrons. The van der Waals surface area contributed by atoms with Gasteiger partial charge in [-0.05, 0) is 91.4 Å². The number of amidine groups is 1. The number of hydrogen-bond donors (Lipinski definition) is 2. The Kier molecular flexibility index (Phi) is 8.99. The Morgan fingerprint density at radius 2 is 1.64 bits per heavy atom. The van der Waals surface area contributed by atoms with Crippen LogP contribution in [0.1, 0.15) is 34.3 Å². The summed E-state index contributed by atoms with van der Waals surface area (Å²) in [5.74, 6) is 2.36. The van der Waals surface area contributed by atoms with Gasteiger partial charge in [-0.3, -0.25) is 14.5 Å². The van der Waals surface area contributed by atoms with Crippen molar-refractivity contribution in [2.45, 2.75) is 24.2 Å². The van der Waals surface area contributed by atoms with Crippen LogP contribution < -0.4 is 14.8 Å². The molecule has 0 atom stereocenters. The Bertz CT molecular complexity index is 1750. The molecule has 0 saturated carbocycles. The lowest BCUT2D eigenvalue weighted by Crippen LogP contribution is -2.38. The van der Waals surface area contributed by atoms with Crippen LogP contribution in [0.15, 0.2) is 111 Å². The van der Waals surface area contributed by atoms with Crippen molar-refractivity contribution >= 4 is 43.4 Å². The molecule has 0 aliphatic carbocycles. The number of sulfonamides is 1. The van der Waals surface area contributed by atoms with E-state index in [2.05, 4.69) is 55.2 Å². The highest BCUT2D eigenvalue weighted by Gasteiger charge is 2.25. The zero-order chi connectivity index (χ0) is 30.5. The van der Waals surface area contributed by atoms with Gasteiger partial charge in [-0.2, -0.15) is 0 Å². The minimum Gasteiger partial charge on any atom is -0.455 e. The van der Waals surface area contributed by atoms with Crippen LogP contribution >= 0.6 is 15.9 Å². The van der Waals surface area contributed by atoms with Gasteiger partial charge in [0.1, 0.15) is 11.6 Å². The van der Waals surface area contributed by atoms with Crippen molar-refractivity contribution in [3.05, 3.63) is 118 Å². The molecule has 6 rings (SSSR count). The maximum atomic E-state index is 13.2. The van der Waals surface area contributed by atoms with Gasteiger partial charge in [-0.25, -0.2) is 8.42 Å². The third-order valence-electron chi connectivity index (χ3n) is 7.91. The van der Waals surface area contributed by atoms with Gasteiger partial charge in [-0.15, -0.1) is 0 Å². The summed E-state index contributed by atoms with van der Waals surface area (Å²) >= 11 is 3.40. The van der Waals surface area contributed by atoms with E-state index in [0.29, 0.717) is 41.8 Å². The van der Waals surface area contributed by atoms with E-state index in [-0.39, 0.29) is 10.8 Å². The van der Waals surface area contributed by atoms with Crippen LogP contribution in [-0.4, -0.2) is 51.2 Å². The van der Waals surface area contributed by atoms with Crippen molar-refractivity contribution in [3.8, 4) is 11.5 Å². The number of aliphatic imine (C=N–C) groups is 1. The first kappa shape index (κ1) is 29.9. The highest BCUT2D eigenvalue weighted by Crippen LogP contribution is 2.32. The number of anilines is 1. The SMILES string of the molecule is O=C(c1ccc(S(=O)(=O)Nc2ccccc2Oc2ccc(Br)cc2)cc1)N1CCC(Cc2ccc(C3=NCCN3)cc2)CC1. The molecule has 0 unspecified atom stereocenters. The fourth-order valence-corrected chi connectivity index (χ4v) is 6.83. The second kappa shape index (κ2) is 13.2. The fraction of sp³-hybridized carbons (Fsp3) is 0.235. The molecule has 4 aromatic carbocycles. The lowest BCUT2D eigenvalue weighted by molar-refractivity contribution is 0.0690. The zero-order valence-electron chi connectivity index (χ0n) is 24.1. The average Bonchev–Trinajstić information content (AvgIpc) is 3.59. The van der Waals surface area contributed by atoms with Crippen LogP contribution in [0.2, 0.25) is 0 Å². The predicted octanol–water partition coefficient (Wildman–Crippen LogP) is 6.49. The summed E-state index contributed by atoms with van der Waals surface area (Å²) in [7, 11) is -3.92. The van der Waals surface area contributed by atoms with Crippen molar-refractivity contribution in [1.29, 1.82) is 0 Å². The molecule has 1 saturated heterocycles. The molecular weight excluding hydrogens is 640 g/mol. The van der Waals surface area contributed by atoms with Crippen LogP contribution in [0, 0.1) is 5.92 Å². The number of ether oxygens (including phenoxy) is 1. The highest BCUT2D eigenvalue weighted by molar-refractivity contribution is 9.10. The van der Waals surface area contributed by atoms with Crippen molar-refractivity contribution in [1.82, 2.24) is 10.2 Å². The van der Waals surface area contributed by atoms with Crippen molar-refractivity contribution in [2.75, 3.05) is 30.9 Å². The quantitative estimate of drug-likeness (QED) is 0.212. The minimum atomic E-state index is -3.92. The normalized spacial score (nSPS) is 15.4. The maximum absolute atomic E-state index is 13.2. The van der Waals surface area contributed by atoms with Gasteiger partial charge in [0.2, 0.25) is 0 Å². The van der Waals surface area contributed by atoms with Gasteiger partial charge in [0.05, 0.1) is 17.1 Å². The molecular formula is C34H33BrN4O4S. The predicted molar refractivity (Wildman–Crippen MR) is 176 cm³/mol. The lowest BCUT2D eigenvalue weighted by atomic mass is 9.89. The number of rotatable bonds is 9. The third-order valence-corrected chi connectivity index (χ3v) is 9.82. The van der Waals surface area contributed by atoms with Gasteiger partial charge in [0, 0.05) is 35.2 Å². The Morgan fingerprint density at radius 1 is 0.932 bits per heavy atom. The molecule has 44 heavy (non-hydrogen) atoms. The first-order valence-corrected chi connectivity index (χ1v) is 16.9. The summed E-state index contributed by atoms with van der Waals surface area (Å²) in [6.07, 6.45) is 2.85. The molecule has 0 radical (unpaired) electrons. The number of likely N-dealkylation sites (tertiary alicyclic amines) is 1. The van der Waals surface area contributed by atoms with Gasteiger partial charge in [-0.1, -0.05) is 52.3 Å². The van der Waals surface area contributed by atoms with Gasteiger partial charge in [0.25, 0.3) is 15.9 Å². The molecule has 0 spiro atoms. The molecule has 2 N–H and O–H groups in total. The van der Waals surface area contributed by atoms with Crippen LogP contribution in [0.5, 0.6) is 11.5 Å². The van der Waals surface area contributed by atoms with Crippen LogP contribution in [0.25, 0.3) is 0 Å². The number of nitrogens with one attached hydrogen (secondary N) is 2. The number of para-hydroxylation sites is 2. The summed E-state index contributed by atoms with van der Waals surface area (Å²) in [5, 5.41) is 3.31. The number of hydrogen-bond acceptors (Lipinski definition) is 6. The smallest absolute Gasteiger partial charge is 0.262 e. The monoisotopic (exact) mass is 672 g/mol. The molecule has 10 heteroatoms. The number of piperidine rings is 1. The standard InChI is InChI=1S/C34H33BrN4O4S/c35-28-11-13-29(14-12-28)43-32-4-2-1-3-31(32)38-44(41,42)30-15-9-27(10-16-30)34(40)39-21-17-25(18-22-39)23-24-5-7-26(8-6-24)33-36-19-20-37-33/h1-16,25,38H,17-23H2,(H,36,37). The average molecular weight is 674 g/mol. The Balaban J connectivity index is 1.04. The summed E-state index contributed by atoms with van der Waals surface area (Å²) in [6.45, 7) is 3.08. The van der Waals surface area contributed by atoms with Crippen molar-refractivity contribution < 1.29 is 17.9 Å². The number of benzene rings is 4. The van der Waals surface area contributed by atoms with Crippen molar-refractivity contribution in [2.24, 2.45) is 10.9 Å². The molecule has 1 amide bonds. The van der Waals surface area contributed by atoms with Gasteiger partial charge < -0.3 is 15.0 Å². The number of nitrogens with zero attached hydrogens (tertiary/aromatic N) is 2. The highest BCUT2D eigenvalue weighted by atomic mass is 79.9. The first-order chi connectivity index (χ1) is 21.3. The molecule has 0 bridgehead atoms. The summed E-state index contributed by atoms with van der Waals surface area (Å²) in [6, 6.07) is 28.8. The first-order valence-electron chi connectivity index (χ1n) is 14.7. The minimum absolute atomic E-state index is 0.0630. The van der Waals surface area contributed by atoms with E-state index in [1.807, 2.05) is 17.0 Å². The number of carbonyl (C=O) groups is 1. The Hall–Kier alpha value is -4.15. The van der Waals surface area contributed by atoms with E-state index in [1.165, 1.54) is 17.7 Å². The van der Waals surface area contributed by atoms with E-state index in [1.54, 1.807) is 48.5 Å². The summed E-state index contributed by atoms with van der Waals surface area (Å²) < 4.78 is 35.9. The van der Waals surface area contributed by atoms with Crippen LogP contribution in [0.3, 0.4) is 0 Å². The molecule has 2 aliphatic rings. The molecule has 2 aliphatic heterocycles. The fourth-order valence-electron chi connectivity index (χ4n) is 5.50. The molecule has 8 nitrogen and oxygen atoms in total. The molecule has 0 aromatic heterocycles. The van der Waals surface area contributed by atoms with E-state index in [4.69, 9.17) is 4.74 Å². The van der Waals surface area contributed by atoms with Crippen LogP contribution in [-0.2, 0) is 16.4 Å². The summed E-state index contributed by atoms with van der Waals surface area (Å²) in [5.41, 5.74) is 3.21. The molecule has 4 aromatic rings. The van der Waals surface area contributed by atoms with Gasteiger partial charge in [0.15, 0.2) is 5.75 Å². The largest absolute Gasteiger partial charge is 0.455 e. The molecule has 2 heterocycles. The van der Waals surface area contributed by atoms with Gasteiger partial charge >= 0.3 is 0 Å². The molecule has 1 fully saturated rings. The number of amides is 1. The summed E-state index contributed by atoms with van der Waals surface area (Å²) in [4.78, 5) is 19.7. The second-order valence-electron chi connectivity index (χ2n) is 11.0. The van der Waals surface area contributed by atoms with E-state index < -0.39 is 10.0 Å². The third kappa shape index (κ3) is 7.14. The zero-order valence-corrected chi connectivity index (χ0v) is 26.5. The van der Waals surface area contributed by atoms with Crippen LogP contribution in [0.4, 0.5) is 5.69 Å². The van der Waals surface area contributed by atoms with E-state index in [9.17, 15) is 13.2 Å².